The van der Waals surface area contributed by atoms with E-state index in [9.17, 15) is 17.6 Å². The standard InChI is InChI=1S/C11H10ClFO5S/c1-6-9(11(14)18-8-4-17-5-8)2-7(13)3-10(6)19(12,15)16/h2-3,8H,4-5H2,1H3. The van der Waals surface area contributed by atoms with E-state index in [1.165, 1.54) is 6.92 Å². The average Bonchev–Trinajstić information content (AvgIpc) is 2.24. The fourth-order valence-electron chi connectivity index (χ4n) is 1.62. The molecule has 2 rings (SSSR count). The first-order valence-corrected chi connectivity index (χ1v) is 7.63. The second kappa shape index (κ2) is 5.07. The second-order valence-electron chi connectivity index (χ2n) is 4.08. The van der Waals surface area contributed by atoms with Gasteiger partial charge in [0.15, 0.2) is 0 Å². The summed E-state index contributed by atoms with van der Waals surface area (Å²) in [5.41, 5.74) is -0.104. The Labute approximate surface area is 113 Å². The highest BCUT2D eigenvalue weighted by Crippen LogP contribution is 2.25. The van der Waals surface area contributed by atoms with E-state index < -0.39 is 25.7 Å². The molecular formula is C11H10ClFO5S. The van der Waals surface area contributed by atoms with Gasteiger partial charge < -0.3 is 9.47 Å². The molecule has 1 heterocycles. The van der Waals surface area contributed by atoms with Crippen LogP contribution < -0.4 is 0 Å². The molecule has 8 heteroatoms. The number of esters is 1. The van der Waals surface area contributed by atoms with E-state index in [0.29, 0.717) is 0 Å². The van der Waals surface area contributed by atoms with Crippen LogP contribution in [0.3, 0.4) is 0 Å². The lowest BCUT2D eigenvalue weighted by Gasteiger charge is -2.25. The molecule has 1 fully saturated rings. The van der Waals surface area contributed by atoms with Crippen LogP contribution in [0, 0.1) is 12.7 Å². The number of ether oxygens (including phenoxy) is 2. The fourth-order valence-corrected chi connectivity index (χ4v) is 2.83. The Balaban J connectivity index is 2.39. The molecule has 0 saturated carbocycles. The molecule has 0 unspecified atom stereocenters. The minimum absolute atomic E-state index is 0.0571. The molecule has 104 valence electrons. The predicted octanol–water partition coefficient (Wildman–Crippen LogP) is 1.62. The van der Waals surface area contributed by atoms with Crippen LogP contribution >= 0.6 is 10.7 Å². The monoisotopic (exact) mass is 308 g/mol. The highest BCUT2D eigenvalue weighted by molar-refractivity contribution is 8.13. The van der Waals surface area contributed by atoms with Crippen molar-refractivity contribution in [3.05, 3.63) is 29.1 Å². The Morgan fingerprint density at radius 1 is 1.47 bits per heavy atom. The van der Waals surface area contributed by atoms with Gasteiger partial charge in [-0.3, -0.25) is 0 Å². The van der Waals surface area contributed by atoms with Gasteiger partial charge in [-0.2, -0.15) is 0 Å². The topological polar surface area (TPSA) is 69.7 Å². The van der Waals surface area contributed by atoms with Gasteiger partial charge in [-0.25, -0.2) is 17.6 Å². The molecular weight excluding hydrogens is 299 g/mol. The maximum atomic E-state index is 13.4. The zero-order valence-corrected chi connectivity index (χ0v) is 11.4. The zero-order chi connectivity index (χ0) is 14.2. The molecule has 1 aliphatic rings. The number of halogens is 2. The van der Waals surface area contributed by atoms with Gasteiger partial charge in [-0.05, 0) is 24.6 Å². The van der Waals surface area contributed by atoms with Crippen molar-refractivity contribution < 1.29 is 27.1 Å². The SMILES string of the molecule is Cc1c(C(=O)OC2COC2)cc(F)cc1S(=O)(=O)Cl. The predicted molar refractivity (Wildman–Crippen MR) is 64.2 cm³/mol. The molecule has 0 aliphatic carbocycles. The molecule has 5 nitrogen and oxygen atoms in total. The molecule has 1 saturated heterocycles. The first kappa shape index (κ1) is 14.2. The largest absolute Gasteiger partial charge is 0.454 e. The maximum Gasteiger partial charge on any atom is 0.338 e. The van der Waals surface area contributed by atoms with Gasteiger partial charge in [-0.15, -0.1) is 0 Å². The number of hydrogen-bond donors (Lipinski definition) is 0. The Kier molecular flexibility index (Phi) is 3.80. The van der Waals surface area contributed by atoms with Crippen LogP contribution in [-0.4, -0.2) is 33.7 Å². The summed E-state index contributed by atoms with van der Waals surface area (Å²) in [6, 6.07) is 1.68. The van der Waals surface area contributed by atoms with Gasteiger partial charge in [0.2, 0.25) is 0 Å². The lowest BCUT2D eigenvalue weighted by atomic mass is 10.1. The molecule has 19 heavy (non-hydrogen) atoms. The van der Waals surface area contributed by atoms with Crippen molar-refractivity contribution in [3.63, 3.8) is 0 Å². The van der Waals surface area contributed by atoms with Crippen LogP contribution in [0.15, 0.2) is 17.0 Å². The summed E-state index contributed by atoms with van der Waals surface area (Å²) in [4.78, 5) is 11.4. The van der Waals surface area contributed by atoms with Gasteiger partial charge in [0.25, 0.3) is 9.05 Å². The zero-order valence-electron chi connectivity index (χ0n) is 9.85. The molecule has 0 aromatic heterocycles. The van der Waals surface area contributed by atoms with Crippen molar-refractivity contribution >= 4 is 25.7 Å². The van der Waals surface area contributed by atoms with E-state index in [1.807, 2.05) is 0 Å². The summed E-state index contributed by atoms with van der Waals surface area (Å²) in [6.45, 7) is 1.92. The number of benzene rings is 1. The smallest absolute Gasteiger partial charge is 0.338 e. The summed E-state index contributed by atoms with van der Waals surface area (Å²) < 4.78 is 45.8. The molecule has 0 N–H and O–H groups in total. The van der Waals surface area contributed by atoms with Crippen LogP contribution in [-0.2, 0) is 18.5 Å². The molecule has 1 aliphatic heterocycles. The Morgan fingerprint density at radius 2 is 2.11 bits per heavy atom. The minimum atomic E-state index is -4.13. The Morgan fingerprint density at radius 3 is 2.58 bits per heavy atom. The third-order valence-electron chi connectivity index (χ3n) is 2.69. The lowest BCUT2D eigenvalue weighted by Crippen LogP contribution is -2.38. The molecule has 1 aromatic carbocycles. The van der Waals surface area contributed by atoms with Crippen molar-refractivity contribution in [3.8, 4) is 0 Å². The molecule has 0 spiro atoms. The highest BCUT2D eigenvalue weighted by atomic mass is 35.7. The van der Waals surface area contributed by atoms with Crippen molar-refractivity contribution in [2.24, 2.45) is 0 Å². The molecule has 0 atom stereocenters. The minimum Gasteiger partial charge on any atom is -0.454 e. The third-order valence-corrected chi connectivity index (χ3v) is 4.14. The maximum absolute atomic E-state index is 13.4. The van der Waals surface area contributed by atoms with E-state index in [4.69, 9.17) is 20.2 Å². The van der Waals surface area contributed by atoms with Crippen molar-refractivity contribution in [2.75, 3.05) is 13.2 Å². The van der Waals surface area contributed by atoms with Crippen LogP contribution in [0.4, 0.5) is 4.39 Å². The van der Waals surface area contributed by atoms with E-state index in [1.54, 1.807) is 0 Å². The van der Waals surface area contributed by atoms with Gasteiger partial charge in [0.1, 0.15) is 11.9 Å². The van der Waals surface area contributed by atoms with Crippen molar-refractivity contribution in [1.82, 2.24) is 0 Å². The quantitative estimate of drug-likeness (QED) is 0.627. The number of rotatable bonds is 3. The summed E-state index contributed by atoms with van der Waals surface area (Å²) >= 11 is 0. The van der Waals surface area contributed by atoms with Crippen LogP contribution in [0.5, 0.6) is 0 Å². The van der Waals surface area contributed by atoms with Gasteiger partial charge in [-0.1, -0.05) is 0 Å². The molecule has 0 bridgehead atoms. The van der Waals surface area contributed by atoms with Gasteiger partial charge in [0.05, 0.1) is 23.7 Å². The summed E-state index contributed by atoms with van der Waals surface area (Å²) in [7, 11) is 1.06. The number of carbonyl (C=O) groups is 1. The summed E-state index contributed by atoms with van der Waals surface area (Å²) in [6.07, 6.45) is -0.383. The Hall–Kier alpha value is -1.18. The average molecular weight is 309 g/mol. The lowest BCUT2D eigenvalue weighted by molar-refractivity contribution is -0.103. The summed E-state index contributed by atoms with van der Waals surface area (Å²) in [5, 5.41) is 0. The van der Waals surface area contributed by atoms with E-state index >= 15 is 0 Å². The first-order chi connectivity index (χ1) is 8.79. The van der Waals surface area contributed by atoms with Crippen LogP contribution in [0.1, 0.15) is 15.9 Å². The summed E-state index contributed by atoms with van der Waals surface area (Å²) in [5.74, 6) is -1.67. The Bertz CT molecular complexity index is 624. The third kappa shape index (κ3) is 3.05. The van der Waals surface area contributed by atoms with E-state index in [-0.39, 0.29) is 30.4 Å². The molecule has 0 amide bonds. The second-order valence-corrected chi connectivity index (χ2v) is 6.61. The van der Waals surface area contributed by atoms with E-state index in [2.05, 4.69) is 0 Å². The van der Waals surface area contributed by atoms with E-state index in [0.717, 1.165) is 12.1 Å². The van der Waals surface area contributed by atoms with Crippen molar-refractivity contribution in [1.29, 1.82) is 0 Å². The number of carbonyl (C=O) groups excluding carboxylic acids is 1. The highest BCUT2D eigenvalue weighted by Gasteiger charge is 2.27. The van der Waals surface area contributed by atoms with Crippen LogP contribution in [0.2, 0.25) is 0 Å². The normalized spacial score (nSPS) is 15.9. The number of hydrogen-bond acceptors (Lipinski definition) is 5. The van der Waals surface area contributed by atoms with Gasteiger partial charge >= 0.3 is 5.97 Å². The van der Waals surface area contributed by atoms with Crippen LogP contribution in [0.25, 0.3) is 0 Å². The molecule has 1 aromatic rings. The first-order valence-electron chi connectivity index (χ1n) is 5.32. The van der Waals surface area contributed by atoms with Crippen molar-refractivity contribution in [2.45, 2.75) is 17.9 Å². The fraction of sp³-hybridized carbons (Fsp3) is 0.364. The molecule has 0 radical (unpaired) electrons. The van der Waals surface area contributed by atoms with Gasteiger partial charge in [0, 0.05) is 10.7 Å².